The number of carbonyl (C=O) groups excluding carboxylic acids is 3. The Morgan fingerprint density at radius 2 is 2.18 bits per heavy atom. The lowest BCUT2D eigenvalue weighted by atomic mass is 10.1. The van der Waals surface area contributed by atoms with Crippen molar-refractivity contribution in [3.05, 3.63) is 29.8 Å². The maximum atomic E-state index is 12.5. The first-order valence-electron chi connectivity index (χ1n) is 6.66. The first-order chi connectivity index (χ1) is 10.5. The molecule has 0 bridgehead atoms. The van der Waals surface area contributed by atoms with Crippen molar-refractivity contribution in [3.63, 3.8) is 0 Å². The highest BCUT2D eigenvalue weighted by Gasteiger charge is 2.30. The predicted octanol–water partition coefficient (Wildman–Crippen LogP) is 0.908. The predicted molar refractivity (Wildman–Crippen MR) is 83.8 cm³/mol. The van der Waals surface area contributed by atoms with Gasteiger partial charge in [-0.25, -0.2) is 4.79 Å². The van der Waals surface area contributed by atoms with Gasteiger partial charge in [0, 0.05) is 30.1 Å². The third-order valence-corrected chi connectivity index (χ3v) is 4.36. The van der Waals surface area contributed by atoms with E-state index in [1.54, 1.807) is 29.2 Å². The molecule has 1 aliphatic heterocycles. The van der Waals surface area contributed by atoms with E-state index in [1.165, 1.54) is 18.9 Å². The van der Waals surface area contributed by atoms with Gasteiger partial charge in [0.1, 0.15) is 5.25 Å². The molecule has 22 heavy (non-hydrogen) atoms. The molecule has 1 fully saturated rings. The Kier molecular flexibility index (Phi) is 5.26. The Labute approximate surface area is 132 Å². The lowest BCUT2D eigenvalue weighted by molar-refractivity contribution is -0.140. The van der Waals surface area contributed by atoms with Crippen LogP contribution < -0.4 is 11.1 Å². The van der Waals surface area contributed by atoms with Crippen LogP contribution in [0.25, 0.3) is 0 Å². The number of nitrogens with two attached hydrogens (primary N) is 1. The molecule has 0 unspecified atom stereocenters. The fraction of sp³-hybridized carbons (Fsp3) is 0.357. The average Bonchev–Trinajstić information content (AvgIpc) is 2.53. The number of nitrogens with one attached hydrogen (secondary N) is 1. The summed E-state index contributed by atoms with van der Waals surface area (Å²) in [5, 5.41) is 2.06. The number of anilines is 1. The van der Waals surface area contributed by atoms with Gasteiger partial charge in [-0.15, -0.1) is 11.8 Å². The van der Waals surface area contributed by atoms with Crippen molar-refractivity contribution >= 4 is 35.4 Å². The molecule has 0 aromatic heterocycles. The first kappa shape index (κ1) is 16.2. The summed E-state index contributed by atoms with van der Waals surface area (Å²) in [6.45, 7) is 0.869. The van der Waals surface area contributed by atoms with E-state index in [2.05, 4.69) is 5.32 Å². The molecule has 118 valence electrons. The number of esters is 1. The number of urea groups is 1. The Bertz CT molecular complexity index is 593. The Morgan fingerprint density at radius 3 is 2.86 bits per heavy atom. The van der Waals surface area contributed by atoms with E-state index in [9.17, 15) is 14.4 Å². The Hall–Kier alpha value is -2.22. The zero-order valence-electron chi connectivity index (χ0n) is 12.1. The fourth-order valence-electron chi connectivity index (χ4n) is 2.16. The molecule has 0 spiro atoms. The minimum Gasteiger partial charge on any atom is -0.468 e. The second kappa shape index (κ2) is 7.17. The summed E-state index contributed by atoms with van der Waals surface area (Å²) < 4.78 is 4.73. The smallest absolute Gasteiger partial charge is 0.320 e. The number of methoxy groups -OCH3 is 1. The molecule has 0 saturated carbocycles. The monoisotopic (exact) mass is 323 g/mol. The topological polar surface area (TPSA) is 102 Å². The molecule has 1 aliphatic rings. The number of hydrogen-bond acceptors (Lipinski definition) is 5. The van der Waals surface area contributed by atoms with Crippen LogP contribution in [0.4, 0.5) is 10.5 Å². The molecule has 2 rings (SSSR count). The standard InChI is InChI=1S/C14H17N3O4S/c1-21-13(19)11-8-17(5-6-22-11)12(18)9-3-2-4-10(7-9)16-14(15)20/h2-4,7,11H,5-6,8H2,1H3,(H3,15,16,20)/t11-/m1/s1. The van der Waals surface area contributed by atoms with Gasteiger partial charge >= 0.3 is 12.0 Å². The summed E-state index contributed by atoms with van der Waals surface area (Å²) in [6.07, 6.45) is 0. The summed E-state index contributed by atoms with van der Waals surface area (Å²) in [7, 11) is 1.34. The summed E-state index contributed by atoms with van der Waals surface area (Å²) in [6, 6.07) is 5.83. The van der Waals surface area contributed by atoms with E-state index in [4.69, 9.17) is 10.5 Å². The van der Waals surface area contributed by atoms with Crippen molar-refractivity contribution in [2.75, 3.05) is 31.3 Å². The fourth-order valence-corrected chi connectivity index (χ4v) is 3.29. The van der Waals surface area contributed by atoms with Gasteiger partial charge in [0.25, 0.3) is 5.91 Å². The minimum absolute atomic E-state index is 0.192. The van der Waals surface area contributed by atoms with Crippen LogP contribution in [0.15, 0.2) is 24.3 Å². The number of nitrogens with zero attached hydrogens (tertiary/aromatic N) is 1. The van der Waals surface area contributed by atoms with E-state index in [0.717, 1.165) is 0 Å². The van der Waals surface area contributed by atoms with Crippen molar-refractivity contribution < 1.29 is 19.1 Å². The third kappa shape index (κ3) is 3.91. The quantitative estimate of drug-likeness (QED) is 0.805. The van der Waals surface area contributed by atoms with Crippen LogP contribution in [0, 0.1) is 0 Å². The van der Waals surface area contributed by atoms with E-state index in [1.807, 2.05) is 0 Å². The van der Waals surface area contributed by atoms with Crippen molar-refractivity contribution in [3.8, 4) is 0 Å². The normalized spacial score (nSPS) is 17.7. The molecule has 1 atom stereocenters. The molecule has 1 aromatic rings. The second-order valence-electron chi connectivity index (χ2n) is 4.70. The van der Waals surface area contributed by atoms with Crippen LogP contribution >= 0.6 is 11.8 Å². The van der Waals surface area contributed by atoms with Crippen LogP contribution in [-0.2, 0) is 9.53 Å². The summed E-state index contributed by atoms with van der Waals surface area (Å²) in [4.78, 5) is 36.6. The van der Waals surface area contributed by atoms with Crippen LogP contribution in [0.2, 0.25) is 0 Å². The summed E-state index contributed by atoms with van der Waals surface area (Å²) in [5.41, 5.74) is 5.95. The number of carbonyl (C=O) groups is 3. The zero-order chi connectivity index (χ0) is 16.1. The molecule has 1 heterocycles. The van der Waals surface area contributed by atoms with Crippen LogP contribution in [0.1, 0.15) is 10.4 Å². The van der Waals surface area contributed by atoms with E-state index in [-0.39, 0.29) is 17.1 Å². The molecule has 3 N–H and O–H groups in total. The molecule has 1 aromatic carbocycles. The van der Waals surface area contributed by atoms with Gasteiger partial charge in [0.05, 0.1) is 7.11 Å². The van der Waals surface area contributed by atoms with Crippen molar-refractivity contribution in [2.45, 2.75) is 5.25 Å². The van der Waals surface area contributed by atoms with E-state index in [0.29, 0.717) is 30.1 Å². The Morgan fingerprint density at radius 1 is 1.41 bits per heavy atom. The maximum absolute atomic E-state index is 12.5. The molecule has 3 amide bonds. The van der Waals surface area contributed by atoms with Gasteiger partial charge in [-0.2, -0.15) is 0 Å². The highest BCUT2D eigenvalue weighted by Crippen LogP contribution is 2.22. The van der Waals surface area contributed by atoms with Gasteiger partial charge in [-0.3, -0.25) is 9.59 Å². The number of ether oxygens (including phenoxy) is 1. The highest BCUT2D eigenvalue weighted by atomic mass is 32.2. The minimum atomic E-state index is -0.690. The van der Waals surface area contributed by atoms with Crippen LogP contribution in [-0.4, -0.2) is 54.0 Å². The molecular formula is C14H17N3O4S. The van der Waals surface area contributed by atoms with Crippen LogP contribution in [0.3, 0.4) is 0 Å². The second-order valence-corrected chi connectivity index (χ2v) is 6.01. The zero-order valence-corrected chi connectivity index (χ0v) is 12.9. The number of benzene rings is 1. The number of primary amides is 1. The maximum Gasteiger partial charge on any atom is 0.320 e. The highest BCUT2D eigenvalue weighted by molar-refractivity contribution is 8.00. The SMILES string of the molecule is COC(=O)[C@H]1CN(C(=O)c2cccc(NC(N)=O)c2)CCS1. The first-order valence-corrected chi connectivity index (χ1v) is 7.71. The summed E-state index contributed by atoms with van der Waals surface area (Å²) in [5.74, 6) is 0.152. The van der Waals surface area contributed by atoms with Crippen molar-refractivity contribution in [1.82, 2.24) is 4.90 Å². The van der Waals surface area contributed by atoms with Gasteiger partial charge in [-0.1, -0.05) is 6.07 Å². The van der Waals surface area contributed by atoms with E-state index >= 15 is 0 Å². The third-order valence-electron chi connectivity index (χ3n) is 3.19. The van der Waals surface area contributed by atoms with Gasteiger partial charge in [0.2, 0.25) is 0 Å². The van der Waals surface area contributed by atoms with Crippen molar-refractivity contribution in [2.24, 2.45) is 5.73 Å². The molecule has 0 aliphatic carbocycles. The summed E-state index contributed by atoms with van der Waals surface area (Å²) >= 11 is 1.48. The molecule has 1 saturated heterocycles. The number of hydrogen-bond donors (Lipinski definition) is 2. The molecule has 8 heteroatoms. The number of rotatable bonds is 3. The molecular weight excluding hydrogens is 306 g/mol. The number of amides is 3. The van der Waals surface area contributed by atoms with Gasteiger partial charge < -0.3 is 20.7 Å². The number of thioether (sulfide) groups is 1. The van der Waals surface area contributed by atoms with Gasteiger partial charge in [-0.05, 0) is 18.2 Å². The Balaban J connectivity index is 2.10. The van der Waals surface area contributed by atoms with Gasteiger partial charge in [0.15, 0.2) is 0 Å². The molecule has 7 nitrogen and oxygen atoms in total. The lowest BCUT2D eigenvalue weighted by Gasteiger charge is -2.31. The lowest BCUT2D eigenvalue weighted by Crippen LogP contribution is -2.45. The van der Waals surface area contributed by atoms with Crippen LogP contribution in [0.5, 0.6) is 0 Å². The largest absolute Gasteiger partial charge is 0.468 e. The van der Waals surface area contributed by atoms with Crippen molar-refractivity contribution in [1.29, 1.82) is 0 Å². The molecule has 0 radical (unpaired) electrons. The van der Waals surface area contributed by atoms with E-state index < -0.39 is 6.03 Å². The average molecular weight is 323 g/mol.